The molecule has 2 rings (SSSR count). The molecule has 0 unspecified atom stereocenters. The quantitative estimate of drug-likeness (QED) is 0.493. The number of amides is 1. The summed E-state index contributed by atoms with van der Waals surface area (Å²) in [6.45, 7) is 1.79. The summed E-state index contributed by atoms with van der Waals surface area (Å²) in [6, 6.07) is 3.27. The topological polar surface area (TPSA) is 94.8 Å². The lowest BCUT2D eigenvalue weighted by atomic mass is 10.1. The lowest BCUT2D eigenvalue weighted by Crippen LogP contribution is -2.28. The van der Waals surface area contributed by atoms with Crippen LogP contribution in [0.5, 0.6) is 0 Å². The molecule has 3 N–H and O–H groups in total. The highest BCUT2D eigenvalue weighted by Gasteiger charge is 2.03. The monoisotopic (exact) mass is 219 g/mol. The fourth-order valence-electron chi connectivity index (χ4n) is 1.49. The first-order valence-electron chi connectivity index (χ1n) is 4.59. The maximum Gasteiger partial charge on any atom is 0.314 e. The van der Waals surface area contributed by atoms with Crippen LogP contribution in [0.25, 0.3) is 11.0 Å². The Labute approximate surface area is 89.3 Å². The van der Waals surface area contributed by atoms with E-state index in [0.29, 0.717) is 23.1 Å². The van der Waals surface area contributed by atoms with Gasteiger partial charge in [-0.25, -0.2) is 0 Å². The van der Waals surface area contributed by atoms with E-state index < -0.39 is 11.1 Å². The predicted octanol–water partition coefficient (Wildman–Crippen LogP) is 0.0931. The fourth-order valence-corrected chi connectivity index (χ4v) is 1.49. The molecule has 0 aliphatic carbocycles. The SMILES string of the molecule is Cc1cc2[nH]c(=O)c(=O)[nH]c2cc1NC=O. The molecule has 0 saturated carbocycles. The van der Waals surface area contributed by atoms with E-state index in [1.165, 1.54) is 0 Å². The average molecular weight is 219 g/mol. The first-order valence-corrected chi connectivity index (χ1v) is 4.59. The first-order chi connectivity index (χ1) is 7.61. The molecule has 0 radical (unpaired) electrons. The lowest BCUT2D eigenvalue weighted by molar-refractivity contribution is -0.105. The number of aromatic nitrogens is 2. The van der Waals surface area contributed by atoms with Crippen molar-refractivity contribution < 1.29 is 4.79 Å². The zero-order chi connectivity index (χ0) is 11.7. The molecule has 0 atom stereocenters. The van der Waals surface area contributed by atoms with Gasteiger partial charge in [0.1, 0.15) is 0 Å². The summed E-state index contributed by atoms with van der Waals surface area (Å²) in [5.41, 5.74) is 0.974. The Morgan fingerprint density at radius 1 is 1.12 bits per heavy atom. The Hall–Kier alpha value is -2.37. The smallest absolute Gasteiger partial charge is 0.314 e. The van der Waals surface area contributed by atoms with Crippen LogP contribution in [-0.2, 0) is 4.79 Å². The zero-order valence-electron chi connectivity index (χ0n) is 8.46. The van der Waals surface area contributed by atoms with Crippen molar-refractivity contribution in [1.82, 2.24) is 9.97 Å². The summed E-state index contributed by atoms with van der Waals surface area (Å²) in [4.78, 5) is 37.4. The number of hydrogen-bond donors (Lipinski definition) is 3. The molecule has 2 aromatic rings. The van der Waals surface area contributed by atoms with Crippen LogP contribution in [0.1, 0.15) is 5.56 Å². The molecule has 0 aliphatic heterocycles. The number of carbonyl (C=O) groups is 1. The molecular formula is C10H9N3O3. The summed E-state index contributed by atoms with van der Waals surface area (Å²) >= 11 is 0. The molecule has 6 heteroatoms. The lowest BCUT2D eigenvalue weighted by Gasteiger charge is -2.05. The van der Waals surface area contributed by atoms with Gasteiger partial charge < -0.3 is 15.3 Å². The highest BCUT2D eigenvalue weighted by atomic mass is 16.2. The molecular weight excluding hydrogens is 210 g/mol. The molecule has 1 heterocycles. The molecule has 0 bridgehead atoms. The van der Waals surface area contributed by atoms with Gasteiger partial charge in [-0.05, 0) is 24.6 Å². The van der Waals surface area contributed by atoms with Gasteiger partial charge in [0.25, 0.3) is 0 Å². The van der Waals surface area contributed by atoms with E-state index in [0.717, 1.165) is 5.56 Å². The third-order valence-electron chi connectivity index (χ3n) is 2.28. The van der Waals surface area contributed by atoms with Crippen LogP contribution in [0, 0.1) is 6.92 Å². The van der Waals surface area contributed by atoms with Crippen molar-refractivity contribution in [3.05, 3.63) is 38.4 Å². The second-order valence-corrected chi connectivity index (χ2v) is 3.38. The number of hydrogen-bond acceptors (Lipinski definition) is 3. The van der Waals surface area contributed by atoms with Crippen LogP contribution >= 0.6 is 0 Å². The van der Waals surface area contributed by atoms with Gasteiger partial charge in [0.2, 0.25) is 6.41 Å². The minimum atomic E-state index is -0.714. The highest BCUT2D eigenvalue weighted by molar-refractivity contribution is 5.84. The summed E-state index contributed by atoms with van der Waals surface area (Å²) in [6.07, 6.45) is 0.554. The van der Waals surface area contributed by atoms with Gasteiger partial charge in [0.05, 0.1) is 11.0 Å². The standard InChI is InChI=1S/C10H9N3O3/c1-5-2-7-8(3-6(5)11-4-14)13-10(16)9(15)12-7/h2-4H,1H3,(H,11,14)(H,12,15)(H,13,16). The van der Waals surface area contributed by atoms with Crippen LogP contribution in [0.2, 0.25) is 0 Å². The number of anilines is 1. The molecule has 0 aliphatic rings. The normalized spacial score (nSPS) is 10.3. The molecule has 6 nitrogen and oxygen atoms in total. The number of rotatable bonds is 2. The maximum atomic E-state index is 11.1. The number of H-pyrrole nitrogens is 2. The predicted molar refractivity (Wildman–Crippen MR) is 59.6 cm³/mol. The first kappa shape index (κ1) is 10.2. The van der Waals surface area contributed by atoms with Crippen molar-refractivity contribution in [1.29, 1.82) is 0 Å². The van der Waals surface area contributed by atoms with Gasteiger partial charge >= 0.3 is 11.1 Å². The molecule has 0 fully saturated rings. The van der Waals surface area contributed by atoms with E-state index in [9.17, 15) is 14.4 Å². The Bertz CT molecular complexity index is 669. The Kier molecular flexibility index (Phi) is 2.32. The van der Waals surface area contributed by atoms with Gasteiger partial charge in [-0.15, -0.1) is 0 Å². The van der Waals surface area contributed by atoms with Crippen LogP contribution in [0.4, 0.5) is 5.69 Å². The maximum absolute atomic E-state index is 11.1. The third kappa shape index (κ3) is 1.60. The van der Waals surface area contributed by atoms with Gasteiger partial charge in [-0.2, -0.15) is 0 Å². The number of aryl methyl sites for hydroxylation is 1. The zero-order valence-corrected chi connectivity index (χ0v) is 8.46. The molecule has 1 aromatic heterocycles. The molecule has 0 spiro atoms. The van der Waals surface area contributed by atoms with E-state index in [1.807, 2.05) is 0 Å². The summed E-state index contributed by atoms with van der Waals surface area (Å²) < 4.78 is 0. The third-order valence-corrected chi connectivity index (χ3v) is 2.28. The van der Waals surface area contributed by atoms with E-state index in [-0.39, 0.29) is 0 Å². The van der Waals surface area contributed by atoms with Gasteiger partial charge in [-0.3, -0.25) is 14.4 Å². The second-order valence-electron chi connectivity index (χ2n) is 3.38. The Balaban J connectivity index is 2.79. The summed E-state index contributed by atoms with van der Waals surface area (Å²) in [7, 11) is 0. The summed E-state index contributed by atoms with van der Waals surface area (Å²) in [5.74, 6) is 0. The molecule has 0 saturated heterocycles. The van der Waals surface area contributed by atoms with Crippen LogP contribution < -0.4 is 16.4 Å². The molecule has 1 amide bonds. The van der Waals surface area contributed by atoms with E-state index >= 15 is 0 Å². The number of nitrogens with one attached hydrogen (secondary N) is 3. The number of fused-ring (bicyclic) bond motifs is 1. The number of carbonyl (C=O) groups excluding carboxylic acids is 1. The van der Waals surface area contributed by atoms with E-state index in [2.05, 4.69) is 15.3 Å². The van der Waals surface area contributed by atoms with Crippen molar-refractivity contribution >= 4 is 23.1 Å². The minimum Gasteiger partial charge on any atom is -0.328 e. The van der Waals surface area contributed by atoms with Gasteiger partial charge in [0, 0.05) is 5.69 Å². The second kappa shape index (κ2) is 3.65. The summed E-state index contributed by atoms with van der Waals surface area (Å²) in [5, 5.41) is 2.51. The van der Waals surface area contributed by atoms with Crippen LogP contribution in [-0.4, -0.2) is 16.4 Å². The van der Waals surface area contributed by atoms with E-state index in [4.69, 9.17) is 0 Å². The largest absolute Gasteiger partial charge is 0.328 e. The van der Waals surface area contributed by atoms with Gasteiger partial charge in [0.15, 0.2) is 0 Å². The highest BCUT2D eigenvalue weighted by Crippen LogP contribution is 2.18. The van der Waals surface area contributed by atoms with Crippen molar-refractivity contribution in [3.8, 4) is 0 Å². The van der Waals surface area contributed by atoms with E-state index in [1.54, 1.807) is 19.1 Å². The molecule has 1 aromatic carbocycles. The molecule has 82 valence electrons. The number of aromatic amines is 2. The minimum absolute atomic E-state index is 0.472. The fraction of sp³-hybridized carbons (Fsp3) is 0.100. The van der Waals surface area contributed by atoms with Crippen molar-refractivity contribution in [2.24, 2.45) is 0 Å². The number of benzene rings is 1. The van der Waals surface area contributed by atoms with Crippen molar-refractivity contribution in [2.75, 3.05) is 5.32 Å². The molecule has 16 heavy (non-hydrogen) atoms. The Morgan fingerprint density at radius 3 is 2.25 bits per heavy atom. The van der Waals surface area contributed by atoms with Crippen LogP contribution in [0.3, 0.4) is 0 Å². The Morgan fingerprint density at radius 2 is 1.69 bits per heavy atom. The average Bonchev–Trinajstić information content (AvgIpc) is 2.23. The van der Waals surface area contributed by atoms with Gasteiger partial charge in [-0.1, -0.05) is 0 Å². The van der Waals surface area contributed by atoms with Crippen molar-refractivity contribution in [2.45, 2.75) is 6.92 Å². The van der Waals surface area contributed by atoms with Crippen LogP contribution in [0.15, 0.2) is 21.7 Å². The van der Waals surface area contributed by atoms with Crippen molar-refractivity contribution in [3.63, 3.8) is 0 Å².